The number of aryl methyl sites for hydroxylation is 1. The van der Waals surface area contributed by atoms with Crippen molar-refractivity contribution in [1.29, 1.82) is 0 Å². The number of hydrogen-bond donors (Lipinski definition) is 1. The van der Waals surface area contributed by atoms with Crippen LogP contribution >= 0.6 is 11.6 Å². The van der Waals surface area contributed by atoms with Crippen molar-refractivity contribution >= 4 is 17.6 Å². The van der Waals surface area contributed by atoms with E-state index in [1.54, 1.807) is 18.2 Å². The fourth-order valence-corrected chi connectivity index (χ4v) is 5.79. The van der Waals surface area contributed by atoms with Crippen LogP contribution in [-0.2, 0) is 11.2 Å². The summed E-state index contributed by atoms with van der Waals surface area (Å²) in [5, 5.41) is 9.52. The molecule has 1 unspecified atom stereocenters. The quantitative estimate of drug-likeness (QED) is 0.404. The Hall–Kier alpha value is -1.35. The molecule has 1 aromatic rings. The van der Waals surface area contributed by atoms with Crippen molar-refractivity contribution in [2.75, 3.05) is 0 Å². The van der Waals surface area contributed by atoms with Crippen LogP contribution in [0.15, 0.2) is 30.9 Å². The van der Waals surface area contributed by atoms with Crippen LogP contribution in [0.4, 0.5) is 4.39 Å². The number of carboxylic acids is 1. The van der Waals surface area contributed by atoms with E-state index in [1.807, 2.05) is 6.07 Å². The van der Waals surface area contributed by atoms with Crippen LogP contribution in [0.2, 0.25) is 5.02 Å². The van der Waals surface area contributed by atoms with Crippen molar-refractivity contribution in [2.24, 2.45) is 29.6 Å². The van der Waals surface area contributed by atoms with Crippen LogP contribution in [-0.4, -0.2) is 11.1 Å². The monoisotopic (exact) mass is 434 g/mol. The molecule has 0 saturated heterocycles. The van der Waals surface area contributed by atoms with Gasteiger partial charge in [-0.1, -0.05) is 75.1 Å². The Balaban J connectivity index is 1.31. The molecule has 2 aliphatic rings. The lowest BCUT2D eigenvalue weighted by Crippen LogP contribution is -2.26. The number of aliphatic carboxylic acids is 1. The Bertz CT molecular complexity index is 703. The lowest BCUT2D eigenvalue weighted by Gasteiger charge is -2.33. The first-order valence-corrected chi connectivity index (χ1v) is 12.1. The second-order valence-corrected chi connectivity index (χ2v) is 10.0. The van der Waals surface area contributed by atoms with E-state index in [4.69, 9.17) is 11.6 Å². The summed E-state index contributed by atoms with van der Waals surface area (Å²) < 4.78 is 13.6. The number of hydrogen-bond acceptors (Lipinski definition) is 1. The Labute approximate surface area is 185 Å². The maximum Gasteiger partial charge on any atom is 0.310 e. The van der Waals surface area contributed by atoms with Gasteiger partial charge in [-0.15, -0.1) is 6.58 Å². The fraction of sp³-hybridized carbons (Fsp3) is 0.654. The van der Waals surface area contributed by atoms with E-state index in [2.05, 4.69) is 6.58 Å². The minimum absolute atomic E-state index is 0.204. The van der Waals surface area contributed by atoms with Gasteiger partial charge in [0.15, 0.2) is 0 Å². The van der Waals surface area contributed by atoms with E-state index in [9.17, 15) is 14.3 Å². The minimum atomic E-state index is -0.716. The van der Waals surface area contributed by atoms with E-state index in [0.717, 1.165) is 49.0 Å². The zero-order chi connectivity index (χ0) is 21.5. The smallest absolute Gasteiger partial charge is 0.310 e. The molecule has 2 saturated carbocycles. The number of halogens is 2. The summed E-state index contributed by atoms with van der Waals surface area (Å²) in [6.07, 6.45) is 16.0. The van der Waals surface area contributed by atoms with Gasteiger partial charge in [-0.05, 0) is 67.1 Å². The summed E-state index contributed by atoms with van der Waals surface area (Å²) in [7, 11) is 0. The van der Waals surface area contributed by atoms with Crippen LogP contribution in [0.1, 0.15) is 76.2 Å². The van der Waals surface area contributed by atoms with E-state index in [-0.39, 0.29) is 22.7 Å². The lowest BCUT2D eigenvalue weighted by atomic mass is 9.72. The molecule has 1 atom stereocenters. The highest BCUT2D eigenvalue weighted by molar-refractivity contribution is 6.30. The summed E-state index contributed by atoms with van der Waals surface area (Å²) >= 11 is 5.77. The van der Waals surface area contributed by atoms with Crippen LogP contribution < -0.4 is 0 Å². The summed E-state index contributed by atoms with van der Waals surface area (Å²) in [5.41, 5.74) is 1.05. The third kappa shape index (κ3) is 6.57. The molecular weight excluding hydrogens is 399 g/mol. The highest BCUT2D eigenvalue weighted by atomic mass is 35.5. The zero-order valence-corrected chi connectivity index (χ0v) is 18.8. The Morgan fingerprint density at radius 3 is 2.07 bits per heavy atom. The van der Waals surface area contributed by atoms with Crippen molar-refractivity contribution in [2.45, 2.75) is 77.0 Å². The number of rotatable bonds is 9. The van der Waals surface area contributed by atoms with Gasteiger partial charge in [0.1, 0.15) is 5.82 Å². The van der Waals surface area contributed by atoms with E-state index in [1.165, 1.54) is 51.4 Å². The van der Waals surface area contributed by atoms with Gasteiger partial charge in [-0.2, -0.15) is 0 Å². The third-order valence-corrected chi connectivity index (χ3v) is 8.02. The van der Waals surface area contributed by atoms with E-state index < -0.39 is 5.97 Å². The molecule has 0 spiro atoms. The fourth-order valence-electron chi connectivity index (χ4n) is 5.68. The lowest BCUT2D eigenvalue weighted by molar-refractivity contribution is -0.142. The normalized spacial score (nSPS) is 28.1. The van der Waals surface area contributed by atoms with Gasteiger partial charge in [-0.3, -0.25) is 4.79 Å². The van der Waals surface area contributed by atoms with Gasteiger partial charge in [0, 0.05) is 0 Å². The van der Waals surface area contributed by atoms with E-state index >= 15 is 0 Å². The Morgan fingerprint density at radius 2 is 1.57 bits per heavy atom. The molecule has 166 valence electrons. The molecule has 0 bridgehead atoms. The molecule has 3 rings (SSSR count). The molecule has 4 heteroatoms. The molecule has 2 fully saturated rings. The van der Waals surface area contributed by atoms with Gasteiger partial charge in [0.2, 0.25) is 0 Å². The van der Waals surface area contributed by atoms with Gasteiger partial charge in [0.05, 0.1) is 10.9 Å². The molecule has 1 N–H and O–H groups in total. The van der Waals surface area contributed by atoms with Gasteiger partial charge in [0.25, 0.3) is 0 Å². The Morgan fingerprint density at radius 1 is 1.03 bits per heavy atom. The standard InChI is InChI=1S/C26H36ClFO2/c1-2-23(26(29)30)22-14-11-20(12-15-22)8-7-18-3-5-19(6-4-18)9-10-21-13-16-24(27)25(28)17-21/h2,13,16-20,22-23H,1,3-12,14-15H2,(H,29,30). The Kier molecular flexibility index (Phi) is 8.80. The first-order chi connectivity index (χ1) is 14.5. The molecule has 0 heterocycles. The maximum atomic E-state index is 13.6. The second-order valence-electron chi connectivity index (χ2n) is 9.63. The van der Waals surface area contributed by atoms with E-state index in [0.29, 0.717) is 0 Å². The second kappa shape index (κ2) is 11.3. The van der Waals surface area contributed by atoms with Crippen LogP contribution in [0.3, 0.4) is 0 Å². The van der Waals surface area contributed by atoms with Crippen LogP contribution in [0.5, 0.6) is 0 Å². The van der Waals surface area contributed by atoms with Crippen LogP contribution in [0, 0.1) is 35.4 Å². The summed E-state index contributed by atoms with van der Waals surface area (Å²) in [6.45, 7) is 3.71. The summed E-state index contributed by atoms with van der Waals surface area (Å²) in [4.78, 5) is 11.3. The first-order valence-electron chi connectivity index (χ1n) is 11.8. The molecule has 0 amide bonds. The van der Waals surface area contributed by atoms with Crippen molar-refractivity contribution in [3.05, 3.63) is 47.3 Å². The molecule has 1 aromatic carbocycles. The minimum Gasteiger partial charge on any atom is -0.481 e. The van der Waals surface area contributed by atoms with Gasteiger partial charge in [-0.25, -0.2) is 4.39 Å². The van der Waals surface area contributed by atoms with Crippen LogP contribution in [0.25, 0.3) is 0 Å². The van der Waals surface area contributed by atoms with Crippen molar-refractivity contribution in [3.8, 4) is 0 Å². The largest absolute Gasteiger partial charge is 0.481 e. The number of carboxylic acid groups (broad SMARTS) is 1. The molecule has 0 radical (unpaired) electrons. The molecule has 30 heavy (non-hydrogen) atoms. The van der Waals surface area contributed by atoms with Gasteiger partial charge < -0.3 is 5.11 Å². The molecule has 0 aliphatic heterocycles. The molecule has 2 aliphatic carbocycles. The van der Waals surface area contributed by atoms with Crippen molar-refractivity contribution in [3.63, 3.8) is 0 Å². The summed E-state index contributed by atoms with van der Waals surface area (Å²) in [5.74, 6) is 1.28. The highest BCUT2D eigenvalue weighted by Crippen LogP contribution is 2.39. The number of benzene rings is 1. The number of carbonyl (C=O) groups is 1. The average molecular weight is 435 g/mol. The predicted molar refractivity (Wildman–Crippen MR) is 121 cm³/mol. The molecular formula is C26H36ClFO2. The first kappa shape index (κ1) is 23.3. The summed E-state index contributed by atoms with van der Waals surface area (Å²) in [6, 6.07) is 5.19. The molecule has 0 aromatic heterocycles. The zero-order valence-electron chi connectivity index (χ0n) is 18.0. The maximum absolute atomic E-state index is 13.6. The topological polar surface area (TPSA) is 37.3 Å². The van der Waals surface area contributed by atoms with Crippen molar-refractivity contribution < 1.29 is 14.3 Å². The predicted octanol–water partition coefficient (Wildman–Crippen LogP) is 7.69. The third-order valence-electron chi connectivity index (χ3n) is 7.71. The highest BCUT2D eigenvalue weighted by Gasteiger charge is 2.30. The average Bonchev–Trinajstić information content (AvgIpc) is 2.75. The van der Waals surface area contributed by atoms with Crippen molar-refractivity contribution in [1.82, 2.24) is 0 Å². The SMILES string of the molecule is C=CC(C(=O)O)C1CCC(CCC2CCC(CCc3ccc(Cl)c(F)c3)CC2)CC1. The molecule has 2 nitrogen and oxygen atoms in total. The van der Waals surface area contributed by atoms with Gasteiger partial charge >= 0.3 is 5.97 Å².